The van der Waals surface area contributed by atoms with Crippen LogP contribution in [0.5, 0.6) is 0 Å². The molecule has 0 heterocycles. The van der Waals surface area contributed by atoms with Gasteiger partial charge in [0.15, 0.2) is 0 Å². The van der Waals surface area contributed by atoms with E-state index in [9.17, 15) is 0 Å². The van der Waals surface area contributed by atoms with Crippen LogP contribution in [0.4, 0.5) is 4.39 Å². The molecule has 0 amide bonds. The maximum absolute atomic E-state index is 15.1. The normalized spacial score (nSPS) is 29.4. The molecule has 3 aliphatic rings. The standard InChI is InChI=1S/C39H61FO/c1-3-5-6-7-8-9-10-11-12-31-15-22-35(23-16-31)36-24-17-32(18-25-36)13-14-33-21-28-38(39(40)29-33)37-26-19-34(20-27-37)30-41-4-2/h11-14,21,28-29,31-32,34-37H,3-10,15-20,22-27,30H2,1-2H3/b12-11+,14-13+. The fraction of sp³-hybridized carbons (Fsp3) is 0.744. The first-order valence-corrected chi connectivity index (χ1v) is 17.9. The molecule has 2 heteroatoms. The number of benzene rings is 1. The van der Waals surface area contributed by atoms with E-state index in [1.54, 1.807) is 6.07 Å². The van der Waals surface area contributed by atoms with E-state index in [0.29, 0.717) is 17.8 Å². The Balaban J connectivity index is 1.12. The molecular formula is C39H61FO. The molecule has 4 rings (SSSR count). The molecule has 3 saturated carbocycles. The molecule has 0 unspecified atom stereocenters. The first-order chi connectivity index (χ1) is 20.2. The number of ether oxygens (including phenoxy) is 1. The fourth-order valence-corrected chi connectivity index (χ4v) is 8.10. The zero-order valence-electron chi connectivity index (χ0n) is 26.6. The molecule has 0 saturated heterocycles. The Bertz CT molecular complexity index is 894. The summed E-state index contributed by atoms with van der Waals surface area (Å²) in [6.45, 7) is 6.02. The SMILES string of the molecule is CCCCCCCC/C=C/C1CCC(C2CCC(/C=C/c3ccc(C4CCC(COCC)CC4)c(F)c3)CC2)CC1. The molecule has 0 N–H and O–H groups in total. The molecule has 0 bridgehead atoms. The van der Waals surface area contributed by atoms with Gasteiger partial charge in [0.25, 0.3) is 0 Å². The van der Waals surface area contributed by atoms with E-state index in [0.717, 1.165) is 67.8 Å². The van der Waals surface area contributed by atoms with E-state index in [2.05, 4.69) is 50.3 Å². The summed E-state index contributed by atoms with van der Waals surface area (Å²) < 4.78 is 20.7. The lowest BCUT2D eigenvalue weighted by Gasteiger charge is -2.37. The van der Waals surface area contributed by atoms with Gasteiger partial charge >= 0.3 is 0 Å². The lowest BCUT2D eigenvalue weighted by atomic mass is 9.69. The number of hydrogen-bond acceptors (Lipinski definition) is 1. The van der Waals surface area contributed by atoms with Gasteiger partial charge in [0.1, 0.15) is 5.82 Å². The molecule has 0 aromatic heterocycles. The van der Waals surface area contributed by atoms with Crippen LogP contribution in [-0.2, 0) is 4.74 Å². The van der Waals surface area contributed by atoms with Crippen molar-refractivity contribution in [3.05, 3.63) is 53.4 Å². The van der Waals surface area contributed by atoms with E-state index in [1.807, 2.05) is 0 Å². The van der Waals surface area contributed by atoms with Gasteiger partial charge in [-0.2, -0.15) is 0 Å². The molecule has 0 aliphatic heterocycles. The van der Waals surface area contributed by atoms with Crippen molar-refractivity contribution in [3.8, 4) is 0 Å². The first-order valence-electron chi connectivity index (χ1n) is 17.9. The van der Waals surface area contributed by atoms with Crippen molar-refractivity contribution >= 4 is 6.08 Å². The second kappa shape index (κ2) is 18.3. The Morgan fingerprint density at radius 2 is 1.37 bits per heavy atom. The highest BCUT2D eigenvalue weighted by atomic mass is 19.1. The minimum atomic E-state index is -0.00280. The molecule has 41 heavy (non-hydrogen) atoms. The molecule has 1 aromatic rings. The molecule has 1 nitrogen and oxygen atoms in total. The Morgan fingerprint density at radius 1 is 0.732 bits per heavy atom. The van der Waals surface area contributed by atoms with E-state index in [1.165, 1.54) is 96.3 Å². The Morgan fingerprint density at radius 3 is 2.00 bits per heavy atom. The molecule has 0 atom stereocenters. The summed E-state index contributed by atoms with van der Waals surface area (Å²) in [6, 6.07) is 6.00. The minimum Gasteiger partial charge on any atom is -0.381 e. The van der Waals surface area contributed by atoms with Crippen LogP contribution in [0.3, 0.4) is 0 Å². The van der Waals surface area contributed by atoms with Crippen molar-refractivity contribution in [1.82, 2.24) is 0 Å². The monoisotopic (exact) mass is 564 g/mol. The van der Waals surface area contributed by atoms with Crippen LogP contribution in [-0.4, -0.2) is 13.2 Å². The van der Waals surface area contributed by atoms with Crippen LogP contribution >= 0.6 is 0 Å². The number of rotatable bonds is 15. The van der Waals surface area contributed by atoms with Crippen LogP contribution in [0.2, 0.25) is 0 Å². The molecule has 230 valence electrons. The van der Waals surface area contributed by atoms with E-state index >= 15 is 4.39 Å². The van der Waals surface area contributed by atoms with Crippen molar-refractivity contribution in [1.29, 1.82) is 0 Å². The highest BCUT2D eigenvalue weighted by molar-refractivity contribution is 5.50. The quantitative estimate of drug-likeness (QED) is 0.152. The predicted molar refractivity (Wildman–Crippen MR) is 175 cm³/mol. The number of unbranched alkanes of at least 4 members (excludes halogenated alkanes) is 6. The smallest absolute Gasteiger partial charge is 0.127 e. The zero-order chi connectivity index (χ0) is 28.7. The third-order valence-corrected chi connectivity index (χ3v) is 10.9. The predicted octanol–water partition coefficient (Wildman–Crippen LogP) is 12.1. The largest absolute Gasteiger partial charge is 0.381 e. The Kier molecular flexibility index (Phi) is 14.5. The van der Waals surface area contributed by atoms with Crippen molar-refractivity contribution < 1.29 is 9.13 Å². The topological polar surface area (TPSA) is 9.23 Å². The third kappa shape index (κ3) is 11.0. The highest BCUT2D eigenvalue weighted by Gasteiger charge is 2.30. The maximum Gasteiger partial charge on any atom is 0.127 e. The molecule has 0 radical (unpaired) electrons. The van der Waals surface area contributed by atoms with Gasteiger partial charge in [-0.1, -0.05) is 75.5 Å². The number of halogens is 1. The van der Waals surface area contributed by atoms with Gasteiger partial charge < -0.3 is 4.74 Å². The van der Waals surface area contributed by atoms with E-state index in [4.69, 9.17) is 4.74 Å². The van der Waals surface area contributed by atoms with Gasteiger partial charge in [-0.15, -0.1) is 0 Å². The van der Waals surface area contributed by atoms with Gasteiger partial charge in [0, 0.05) is 13.2 Å². The van der Waals surface area contributed by atoms with Crippen molar-refractivity contribution in [2.45, 2.75) is 142 Å². The molecule has 3 aliphatic carbocycles. The van der Waals surface area contributed by atoms with Gasteiger partial charge in [-0.25, -0.2) is 4.39 Å². The lowest BCUT2D eigenvalue weighted by Crippen LogP contribution is -2.25. The zero-order valence-corrected chi connectivity index (χ0v) is 26.6. The average Bonchev–Trinajstić information content (AvgIpc) is 3.01. The first kappa shape index (κ1) is 32.5. The summed E-state index contributed by atoms with van der Waals surface area (Å²) in [5.41, 5.74) is 1.96. The third-order valence-electron chi connectivity index (χ3n) is 10.9. The van der Waals surface area contributed by atoms with Gasteiger partial charge in [0.05, 0.1) is 0 Å². The van der Waals surface area contributed by atoms with Gasteiger partial charge in [-0.3, -0.25) is 0 Å². The maximum atomic E-state index is 15.1. The summed E-state index contributed by atoms with van der Waals surface area (Å²) in [5.74, 6) is 4.42. The van der Waals surface area contributed by atoms with Crippen LogP contribution in [0.25, 0.3) is 6.08 Å². The van der Waals surface area contributed by atoms with Gasteiger partial charge in [0.2, 0.25) is 0 Å². The summed E-state index contributed by atoms with van der Waals surface area (Å²) in [4.78, 5) is 0. The van der Waals surface area contributed by atoms with Crippen molar-refractivity contribution in [2.24, 2.45) is 29.6 Å². The number of allylic oxidation sites excluding steroid dienone is 3. The second-order valence-corrected chi connectivity index (χ2v) is 13.9. The van der Waals surface area contributed by atoms with E-state index in [-0.39, 0.29) is 5.82 Å². The van der Waals surface area contributed by atoms with Gasteiger partial charge in [-0.05, 0) is 150 Å². The van der Waals surface area contributed by atoms with Crippen molar-refractivity contribution in [3.63, 3.8) is 0 Å². The average molecular weight is 565 g/mol. The summed E-state index contributed by atoms with van der Waals surface area (Å²) >= 11 is 0. The minimum absolute atomic E-state index is 0.00280. The Labute approximate surface area is 252 Å². The molecule has 1 aromatic carbocycles. The molecular weight excluding hydrogens is 503 g/mol. The summed E-state index contributed by atoms with van der Waals surface area (Å²) in [7, 11) is 0. The van der Waals surface area contributed by atoms with E-state index < -0.39 is 0 Å². The highest BCUT2D eigenvalue weighted by Crippen LogP contribution is 2.42. The second-order valence-electron chi connectivity index (χ2n) is 13.9. The van der Waals surface area contributed by atoms with Crippen LogP contribution in [0.1, 0.15) is 153 Å². The number of hydrogen-bond donors (Lipinski definition) is 0. The van der Waals surface area contributed by atoms with Crippen LogP contribution in [0.15, 0.2) is 36.4 Å². The van der Waals surface area contributed by atoms with Crippen LogP contribution < -0.4 is 0 Å². The van der Waals surface area contributed by atoms with Crippen molar-refractivity contribution in [2.75, 3.05) is 13.2 Å². The molecule has 3 fully saturated rings. The summed E-state index contributed by atoms with van der Waals surface area (Å²) in [5, 5.41) is 0. The van der Waals surface area contributed by atoms with Crippen LogP contribution in [0, 0.1) is 35.4 Å². The fourth-order valence-electron chi connectivity index (χ4n) is 8.10. The summed E-state index contributed by atoms with van der Waals surface area (Å²) in [6.07, 6.45) is 34.9. The Hall–Kier alpha value is -1.41. The molecule has 0 spiro atoms. The lowest BCUT2D eigenvalue weighted by molar-refractivity contribution is 0.0918.